The van der Waals surface area contributed by atoms with Gasteiger partial charge in [0, 0.05) is 25.8 Å². The maximum absolute atomic E-state index is 4.62. The molecule has 1 saturated heterocycles. The number of pyridine rings is 1. The fourth-order valence-electron chi connectivity index (χ4n) is 2.45. The summed E-state index contributed by atoms with van der Waals surface area (Å²) >= 11 is 0. The molecule has 3 nitrogen and oxygen atoms in total. The van der Waals surface area contributed by atoms with Crippen LogP contribution in [0.1, 0.15) is 32.8 Å². The van der Waals surface area contributed by atoms with Crippen LogP contribution in [0.5, 0.6) is 0 Å². The van der Waals surface area contributed by atoms with E-state index in [1.54, 1.807) is 0 Å². The zero-order chi connectivity index (χ0) is 13.3. The Morgan fingerprint density at radius 2 is 2.06 bits per heavy atom. The lowest BCUT2D eigenvalue weighted by Gasteiger charge is -2.26. The Morgan fingerprint density at radius 1 is 1.33 bits per heavy atom. The summed E-state index contributed by atoms with van der Waals surface area (Å²) in [6.45, 7) is 8.99. The number of hydrogen-bond donors (Lipinski definition) is 0. The summed E-state index contributed by atoms with van der Waals surface area (Å²) in [6.07, 6.45) is 3.25. The van der Waals surface area contributed by atoms with Crippen LogP contribution in [-0.4, -0.2) is 43.1 Å². The van der Waals surface area contributed by atoms with Crippen molar-refractivity contribution in [1.29, 1.82) is 0 Å². The molecule has 0 N–H and O–H groups in total. The number of hydrogen-bond acceptors (Lipinski definition) is 3. The minimum Gasteiger partial charge on any atom is -0.355 e. The van der Waals surface area contributed by atoms with Crippen LogP contribution in [0.2, 0.25) is 0 Å². The number of rotatable bonds is 2. The molecule has 0 aromatic carbocycles. The fraction of sp³-hybridized carbons (Fsp3) is 0.667. The zero-order valence-electron chi connectivity index (χ0n) is 12.3. The van der Waals surface area contributed by atoms with Gasteiger partial charge in [-0.1, -0.05) is 26.8 Å². The maximum Gasteiger partial charge on any atom is 0.128 e. The molecule has 3 heteroatoms. The van der Waals surface area contributed by atoms with Crippen molar-refractivity contribution in [2.45, 2.75) is 38.6 Å². The molecule has 1 unspecified atom stereocenters. The maximum atomic E-state index is 4.62. The fourth-order valence-corrected chi connectivity index (χ4v) is 2.45. The lowest BCUT2D eigenvalue weighted by Crippen LogP contribution is -2.34. The van der Waals surface area contributed by atoms with E-state index in [-0.39, 0.29) is 5.41 Å². The van der Waals surface area contributed by atoms with Crippen molar-refractivity contribution in [3.05, 3.63) is 23.9 Å². The standard InChI is InChI=1S/C15H25N3/c1-15(2,3)12-6-7-14(16-10-12)18(5)13-8-9-17(4)11-13/h6-7,10,13H,8-9,11H2,1-5H3. The number of aromatic nitrogens is 1. The predicted octanol–water partition coefficient (Wildman–Crippen LogP) is 2.52. The molecule has 1 aromatic heterocycles. The van der Waals surface area contributed by atoms with Crippen LogP contribution >= 0.6 is 0 Å². The van der Waals surface area contributed by atoms with E-state index in [0.29, 0.717) is 6.04 Å². The van der Waals surface area contributed by atoms with Crippen molar-refractivity contribution in [1.82, 2.24) is 9.88 Å². The molecule has 1 aliphatic rings. The first-order valence-electron chi connectivity index (χ1n) is 6.76. The summed E-state index contributed by atoms with van der Waals surface area (Å²) in [6, 6.07) is 4.96. The quantitative estimate of drug-likeness (QED) is 0.800. The molecular weight excluding hydrogens is 222 g/mol. The van der Waals surface area contributed by atoms with E-state index in [0.717, 1.165) is 12.4 Å². The molecule has 0 saturated carbocycles. The van der Waals surface area contributed by atoms with Crippen molar-refractivity contribution < 1.29 is 0 Å². The molecule has 1 fully saturated rings. The summed E-state index contributed by atoms with van der Waals surface area (Å²) in [5, 5.41) is 0. The molecule has 1 aromatic rings. The Hall–Kier alpha value is -1.09. The van der Waals surface area contributed by atoms with Gasteiger partial charge in [0.1, 0.15) is 5.82 Å². The van der Waals surface area contributed by atoms with Gasteiger partial charge in [-0.2, -0.15) is 0 Å². The van der Waals surface area contributed by atoms with Gasteiger partial charge in [0.25, 0.3) is 0 Å². The van der Waals surface area contributed by atoms with Crippen LogP contribution in [0.15, 0.2) is 18.3 Å². The third kappa shape index (κ3) is 2.83. The molecule has 1 atom stereocenters. The molecule has 0 spiro atoms. The van der Waals surface area contributed by atoms with E-state index < -0.39 is 0 Å². The molecule has 2 rings (SSSR count). The largest absolute Gasteiger partial charge is 0.355 e. The van der Waals surface area contributed by atoms with E-state index in [4.69, 9.17) is 0 Å². The highest BCUT2D eigenvalue weighted by Gasteiger charge is 2.24. The third-order valence-electron chi connectivity index (χ3n) is 3.89. The Bertz CT molecular complexity index is 391. The molecular formula is C15H25N3. The average Bonchev–Trinajstić information content (AvgIpc) is 2.74. The molecule has 2 heterocycles. The SMILES string of the molecule is CN1CCC(N(C)c2ccc(C(C)(C)C)cn2)C1. The lowest BCUT2D eigenvalue weighted by atomic mass is 9.88. The molecule has 0 amide bonds. The van der Waals surface area contributed by atoms with Crippen LogP contribution in [0, 0.1) is 0 Å². The second kappa shape index (κ2) is 4.88. The van der Waals surface area contributed by atoms with Gasteiger partial charge in [0.15, 0.2) is 0 Å². The number of likely N-dealkylation sites (tertiary alicyclic amines) is 1. The van der Waals surface area contributed by atoms with E-state index in [1.165, 1.54) is 18.5 Å². The first-order chi connectivity index (χ1) is 8.38. The third-order valence-corrected chi connectivity index (χ3v) is 3.89. The Kier molecular flexibility index (Phi) is 3.62. The summed E-state index contributed by atoms with van der Waals surface area (Å²) in [5.41, 5.74) is 1.47. The highest BCUT2D eigenvalue weighted by Crippen LogP contribution is 2.24. The van der Waals surface area contributed by atoms with Crippen LogP contribution in [0.3, 0.4) is 0 Å². The van der Waals surface area contributed by atoms with E-state index in [9.17, 15) is 0 Å². The smallest absolute Gasteiger partial charge is 0.128 e. The number of anilines is 1. The summed E-state index contributed by atoms with van der Waals surface area (Å²) < 4.78 is 0. The van der Waals surface area contributed by atoms with Gasteiger partial charge < -0.3 is 9.80 Å². The first kappa shape index (κ1) is 13.3. The van der Waals surface area contributed by atoms with E-state index in [1.807, 2.05) is 6.20 Å². The zero-order valence-corrected chi connectivity index (χ0v) is 12.3. The Balaban J connectivity index is 2.10. The van der Waals surface area contributed by atoms with Crippen molar-refractivity contribution in [3.63, 3.8) is 0 Å². The first-order valence-corrected chi connectivity index (χ1v) is 6.76. The minimum absolute atomic E-state index is 0.178. The van der Waals surface area contributed by atoms with Gasteiger partial charge in [-0.05, 0) is 37.1 Å². The van der Waals surface area contributed by atoms with Gasteiger partial charge in [-0.3, -0.25) is 0 Å². The average molecular weight is 247 g/mol. The molecule has 0 radical (unpaired) electrons. The van der Waals surface area contributed by atoms with Crippen LogP contribution in [0.25, 0.3) is 0 Å². The second-order valence-corrected chi connectivity index (χ2v) is 6.47. The summed E-state index contributed by atoms with van der Waals surface area (Å²) in [7, 11) is 4.34. The van der Waals surface area contributed by atoms with Crippen LogP contribution < -0.4 is 4.90 Å². The number of likely N-dealkylation sites (N-methyl/N-ethyl adjacent to an activating group) is 2. The normalized spacial score (nSPS) is 21.3. The lowest BCUT2D eigenvalue weighted by molar-refractivity contribution is 0.409. The number of nitrogens with zero attached hydrogens (tertiary/aromatic N) is 3. The Morgan fingerprint density at radius 3 is 2.50 bits per heavy atom. The molecule has 100 valence electrons. The predicted molar refractivity (Wildman–Crippen MR) is 77.2 cm³/mol. The van der Waals surface area contributed by atoms with Crippen molar-refractivity contribution >= 4 is 5.82 Å². The van der Waals surface area contributed by atoms with Crippen molar-refractivity contribution in [2.24, 2.45) is 0 Å². The van der Waals surface area contributed by atoms with Crippen molar-refractivity contribution in [3.8, 4) is 0 Å². The van der Waals surface area contributed by atoms with Gasteiger partial charge in [-0.15, -0.1) is 0 Å². The second-order valence-electron chi connectivity index (χ2n) is 6.47. The molecule has 1 aliphatic heterocycles. The minimum atomic E-state index is 0.178. The van der Waals surface area contributed by atoms with Gasteiger partial charge in [0.2, 0.25) is 0 Å². The van der Waals surface area contributed by atoms with Gasteiger partial charge in [0.05, 0.1) is 0 Å². The highest BCUT2D eigenvalue weighted by molar-refractivity contribution is 5.41. The van der Waals surface area contributed by atoms with Crippen LogP contribution in [-0.2, 0) is 5.41 Å². The molecule has 18 heavy (non-hydrogen) atoms. The van der Waals surface area contributed by atoms with E-state index >= 15 is 0 Å². The summed E-state index contributed by atoms with van der Waals surface area (Å²) in [5.74, 6) is 1.09. The van der Waals surface area contributed by atoms with Crippen molar-refractivity contribution in [2.75, 3.05) is 32.1 Å². The summed E-state index contributed by atoms with van der Waals surface area (Å²) in [4.78, 5) is 9.32. The molecule has 0 aliphatic carbocycles. The Labute approximate surface area is 111 Å². The molecule has 0 bridgehead atoms. The van der Waals surface area contributed by atoms with Gasteiger partial charge in [-0.25, -0.2) is 4.98 Å². The monoisotopic (exact) mass is 247 g/mol. The van der Waals surface area contributed by atoms with Crippen LogP contribution in [0.4, 0.5) is 5.82 Å². The highest BCUT2D eigenvalue weighted by atomic mass is 15.3. The topological polar surface area (TPSA) is 19.4 Å². The van der Waals surface area contributed by atoms with E-state index in [2.05, 4.69) is 61.8 Å². The van der Waals surface area contributed by atoms with Gasteiger partial charge >= 0.3 is 0 Å².